The van der Waals surface area contributed by atoms with Crippen molar-refractivity contribution in [3.63, 3.8) is 0 Å². The number of amides is 1. The van der Waals surface area contributed by atoms with Gasteiger partial charge in [0.05, 0.1) is 0 Å². The van der Waals surface area contributed by atoms with E-state index in [1.54, 1.807) is 0 Å². The molecule has 0 saturated carbocycles. The van der Waals surface area contributed by atoms with Gasteiger partial charge in [-0.1, -0.05) is 30.8 Å². The summed E-state index contributed by atoms with van der Waals surface area (Å²) in [4.78, 5) is 32.3. The quantitative estimate of drug-likeness (QED) is 0.435. The van der Waals surface area contributed by atoms with Gasteiger partial charge in [0.15, 0.2) is 17.3 Å². The monoisotopic (exact) mass is 594 g/mol. The van der Waals surface area contributed by atoms with Gasteiger partial charge in [-0.25, -0.2) is 9.97 Å². The van der Waals surface area contributed by atoms with Crippen molar-refractivity contribution in [1.82, 2.24) is 19.8 Å². The van der Waals surface area contributed by atoms with Crippen molar-refractivity contribution in [3.05, 3.63) is 66.4 Å². The van der Waals surface area contributed by atoms with Crippen molar-refractivity contribution in [2.24, 2.45) is 5.73 Å². The lowest BCUT2D eigenvalue weighted by molar-refractivity contribution is 0.0866. The SMILES string of the molecule is C=C1c2ccccc2-c2nc(C(N)=O)c(Nc3ccc(N4CCC(N5CCN(C)CC5)CC4)cc3)nc2N1C1CCOCC1. The Morgan fingerprint density at radius 2 is 1.57 bits per heavy atom. The van der Waals surface area contributed by atoms with Gasteiger partial charge in [-0.05, 0) is 57.0 Å². The molecule has 2 aromatic carbocycles. The Labute approximate surface area is 259 Å². The van der Waals surface area contributed by atoms with Gasteiger partial charge in [0, 0.05) is 92.8 Å². The van der Waals surface area contributed by atoms with Gasteiger partial charge in [-0.15, -0.1) is 0 Å². The highest BCUT2D eigenvalue weighted by atomic mass is 16.5. The van der Waals surface area contributed by atoms with Crippen LogP contribution in [0.3, 0.4) is 0 Å². The molecule has 0 unspecified atom stereocenters. The fourth-order valence-electron chi connectivity index (χ4n) is 7.14. The third kappa shape index (κ3) is 5.53. The van der Waals surface area contributed by atoms with Crippen molar-refractivity contribution < 1.29 is 9.53 Å². The summed E-state index contributed by atoms with van der Waals surface area (Å²) in [5.74, 6) is 0.413. The molecule has 0 atom stereocenters. The molecule has 10 heteroatoms. The van der Waals surface area contributed by atoms with E-state index < -0.39 is 5.91 Å². The number of likely N-dealkylation sites (N-methyl/N-ethyl adjacent to an activating group) is 1. The Morgan fingerprint density at radius 3 is 2.25 bits per heavy atom. The van der Waals surface area contributed by atoms with Crippen LogP contribution in [0.15, 0.2) is 55.1 Å². The number of nitrogens with two attached hydrogens (primary N) is 1. The minimum Gasteiger partial charge on any atom is -0.381 e. The molecule has 4 aliphatic rings. The number of hydrogen-bond acceptors (Lipinski definition) is 9. The van der Waals surface area contributed by atoms with Gasteiger partial charge in [0.2, 0.25) is 0 Å². The summed E-state index contributed by atoms with van der Waals surface area (Å²) in [5.41, 5.74) is 11.4. The highest BCUT2D eigenvalue weighted by Gasteiger charge is 2.35. The predicted octanol–water partition coefficient (Wildman–Crippen LogP) is 4.17. The van der Waals surface area contributed by atoms with E-state index in [-0.39, 0.29) is 11.7 Å². The molecule has 1 amide bonds. The zero-order valence-electron chi connectivity index (χ0n) is 25.5. The third-order valence-electron chi connectivity index (χ3n) is 9.69. The summed E-state index contributed by atoms with van der Waals surface area (Å²) < 4.78 is 5.65. The number of nitrogens with one attached hydrogen (secondary N) is 1. The minimum atomic E-state index is -0.623. The van der Waals surface area contributed by atoms with E-state index in [9.17, 15) is 4.79 Å². The van der Waals surface area contributed by atoms with E-state index in [0.29, 0.717) is 36.6 Å². The number of rotatable bonds is 6. The number of hydrogen-bond donors (Lipinski definition) is 2. The molecule has 0 spiro atoms. The number of anilines is 4. The van der Waals surface area contributed by atoms with Crippen molar-refractivity contribution >= 4 is 34.6 Å². The van der Waals surface area contributed by atoms with Crippen LogP contribution in [0.5, 0.6) is 0 Å². The first-order chi connectivity index (χ1) is 21.5. The van der Waals surface area contributed by atoms with E-state index in [1.165, 1.54) is 31.6 Å². The maximum Gasteiger partial charge on any atom is 0.271 e. The summed E-state index contributed by atoms with van der Waals surface area (Å²) >= 11 is 0. The van der Waals surface area contributed by atoms with Crippen molar-refractivity contribution in [3.8, 4) is 11.3 Å². The number of fused-ring (bicyclic) bond motifs is 3. The van der Waals surface area contributed by atoms with E-state index in [1.807, 2.05) is 36.4 Å². The second-order valence-corrected chi connectivity index (χ2v) is 12.4. The van der Waals surface area contributed by atoms with Crippen molar-refractivity contribution in [2.45, 2.75) is 37.8 Å². The van der Waals surface area contributed by atoms with Gasteiger partial charge < -0.3 is 30.5 Å². The van der Waals surface area contributed by atoms with Gasteiger partial charge in [-0.2, -0.15) is 0 Å². The number of piperidine rings is 1. The molecule has 10 nitrogen and oxygen atoms in total. The van der Waals surface area contributed by atoms with Gasteiger partial charge in [0.25, 0.3) is 5.91 Å². The topological polar surface area (TPSA) is 103 Å². The van der Waals surface area contributed by atoms with E-state index >= 15 is 0 Å². The second-order valence-electron chi connectivity index (χ2n) is 12.4. The lowest BCUT2D eigenvalue weighted by Crippen LogP contribution is -2.52. The molecule has 0 bridgehead atoms. The van der Waals surface area contributed by atoms with Crippen LogP contribution in [0.4, 0.5) is 23.0 Å². The first-order valence-corrected chi connectivity index (χ1v) is 15.9. The largest absolute Gasteiger partial charge is 0.381 e. The smallest absolute Gasteiger partial charge is 0.271 e. The first-order valence-electron chi connectivity index (χ1n) is 15.9. The average Bonchev–Trinajstić information content (AvgIpc) is 3.06. The van der Waals surface area contributed by atoms with Crippen LogP contribution < -0.4 is 20.9 Å². The van der Waals surface area contributed by atoms with Crippen LogP contribution in [-0.2, 0) is 4.74 Å². The Bertz CT molecular complexity index is 1520. The number of benzene rings is 2. The van der Waals surface area contributed by atoms with E-state index in [4.69, 9.17) is 20.4 Å². The normalized spacial score (nSPS) is 20.3. The van der Waals surface area contributed by atoms with Crippen LogP contribution in [0.2, 0.25) is 0 Å². The standard InChI is InChI=1S/C34H42N8O2/c1-23-28-5-3-4-6-29(28)30-34(42(23)27-13-21-44-22-14-27)38-33(31(37-30)32(35)43)36-24-7-9-25(10-8-24)40-15-11-26(12-16-40)41-19-17-39(2)18-20-41/h3-10,26-27H,1,11-22H2,2H3,(H2,35,43)(H,36,38). The fourth-order valence-corrected chi connectivity index (χ4v) is 7.14. The summed E-state index contributed by atoms with van der Waals surface area (Å²) in [7, 11) is 2.21. The lowest BCUT2D eigenvalue weighted by atomic mass is 9.94. The third-order valence-corrected chi connectivity index (χ3v) is 9.69. The van der Waals surface area contributed by atoms with E-state index in [0.717, 1.165) is 61.5 Å². The zero-order chi connectivity index (χ0) is 30.2. The number of piperazine rings is 1. The van der Waals surface area contributed by atoms with Crippen LogP contribution in [0.25, 0.3) is 17.0 Å². The Balaban J connectivity index is 1.12. The molecule has 0 aliphatic carbocycles. The van der Waals surface area contributed by atoms with Gasteiger partial charge in [-0.3, -0.25) is 9.69 Å². The molecule has 3 saturated heterocycles. The molecular weight excluding hydrogens is 552 g/mol. The zero-order valence-corrected chi connectivity index (χ0v) is 25.5. The average molecular weight is 595 g/mol. The molecule has 5 heterocycles. The number of carbonyl (C=O) groups excluding carboxylic acids is 1. The summed E-state index contributed by atoms with van der Waals surface area (Å²) in [6, 6.07) is 17.2. The summed E-state index contributed by atoms with van der Waals surface area (Å²) in [5, 5.41) is 3.37. The molecule has 3 aromatic rings. The molecule has 3 fully saturated rings. The number of nitrogens with zero attached hydrogens (tertiary/aromatic N) is 6. The maximum atomic E-state index is 12.7. The Kier molecular flexibility index (Phi) is 7.97. The highest BCUT2D eigenvalue weighted by Crippen LogP contribution is 2.45. The molecular formula is C34H42N8O2. The van der Waals surface area contributed by atoms with E-state index in [2.05, 4.69) is 50.7 Å². The number of carbonyl (C=O) groups is 1. The Hall–Kier alpha value is -3.99. The van der Waals surface area contributed by atoms with Crippen molar-refractivity contribution in [2.75, 3.05) is 74.6 Å². The molecule has 230 valence electrons. The molecule has 1 aromatic heterocycles. The van der Waals surface area contributed by atoms with Crippen LogP contribution >= 0.6 is 0 Å². The van der Waals surface area contributed by atoms with Crippen LogP contribution in [0, 0.1) is 0 Å². The molecule has 0 radical (unpaired) electrons. The molecule has 3 N–H and O–H groups in total. The first kappa shape index (κ1) is 28.8. The highest BCUT2D eigenvalue weighted by molar-refractivity contribution is 6.01. The van der Waals surface area contributed by atoms with Crippen molar-refractivity contribution in [1.29, 1.82) is 0 Å². The molecule has 7 rings (SSSR count). The Morgan fingerprint density at radius 1 is 0.886 bits per heavy atom. The number of aromatic nitrogens is 2. The predicted molar refractivity (Wildman–Crippen MR) is 175 cm³/mol. The van der Waals surface area contributed by atoms with Gasteiger partial charge >= 0.3 is 0 Å². The lowest BCUT2D eigenvalue weighted by Gasteiger charge is -2.42. The summed E-state index contributed by atoms with van der Waals surface area (Å²) in [6.07, 6.45) is 4.09. The minimum absolute atomic E-state index is 0.119. The molecule has 4 aliphatic heterocycles. The van der Waals surface area contributed by atoms with Crippen LogP contribution in [0.1, 0.15) is 41.7 Å². The number of ether oxygens (including phenoxy) is 1. The second kappa shape index (κ2) is 12.2. The fraction of sp³-hybridized carbons (Fsp3) is 0.441. The van der Waals surface area contributed by atoms with Gasteiger partial charge in [0.1, 0.15) is 5.69 Å². The van der Waals surface area contributed by atoms with Crippen LogP contribution in [-0.4, -0.2) is 97.3 Å². The summed E-state index contributed by atoms with van der Waals surface area (Å²) in [6.45, 7) is 12.6. The molecule has 44 heavy (non-hydrogen) atoms. The maximum absolute atomic E-state index is 12.7. The number of primary amides is 1.